The highest BCUT2D eigenvalue weighted by Crippen LogP contribution is 2.27. The molecule has 0 unspecified atom stereocenters. The number of hydrogen-bond donors (Lipinski definition) is 2. The summed E-state index contributed by atoms with van der Waals surface area (Å²) in [6.45, 7) is 3.47. The van der Waals surface area contributed by atoms with E-state index in [0.717, 1.165) is 11.8 Å². The minimum atomic E-state index is -1.06. The van der Waals surface area contributed by atoms with Crippen molar-refractivity contribution in [2.45, 2.75) is 23.9 Å². The summed E-state index contributed by atoms with van der Waals surface area (Å²) in [5, 5.41) is 9.46. The highest BCUT2D eigenvalue weighted by molar-refractivity contribution is 7.99. The molecule has 0 fully saturated rings. The van der Waals surface area contributed by atoms with Crippen molar-refractivity contribution in [2.75, 3.05) is 0 Å². The minimum Gasteiger partial charge on any atom is -0.478 e. The van der Waals surface area contributed by atoms with Crippen molar-refractivity contribution in [3.8, 4) is 0 Å². The third-order valence-electron chi connectivity index (χ3n) is 2.29. The summed E-state index contributed by atoms with van der Waals surface area (Å²) in [6.07, 6.45) is 1.30. The quantitative estimate of drug-likeness (QED) is 0.828. The predicted octanol–water partition coefficient (Wildman–Crippen LogP) is 1.63. The number of pyridine rings is 1. The van der Waals surface area contributed by atoms with E-state index in [1.807, 2.05) is 0 Å². The molecule has 0 saturated carbocycles. The Morgan fingerprint density at radius 3 is 2.68 bits per heavy atom. The van der Waals surface area contributed by atoms with Gasteiger partial charge in [-0.2, -0.15) is 0 Å². The van der Waals surface area contributed by atoms with E-state index >= 15 is 0 Å². The monoisotopic (exact) mass is 277 g/mol. The summed E-state index contributed by atoms with van der Waals surface area (Å²) in [7, 11) is 0. The molecule has 0 amide bonds. The first-order chi connectivity index (χ1) is 8.95. The highest BCUT2D eigenvalue weighted by atomic mass is 32.2. The average molecular weight is 277 g/mol. The summed E-state index contributed by atoms with van der Waals surface area (Å²) in [4.78, 5) is 33.6. The van der Waals surface area contributed by atoms with Crippen molar-refractivity contribution < 1.29 is 9.90 Å². The number of aromatic carboxylic acids is 1. The SMILES string of the molecule is Cc1cc(Sc2nc(C)cc(=O)[nH]2)c(C(=O)O)cn1. The number of carbonyl (C=O) groups is 1. The van der Waals surface area contributed by atoms with Crippen LogP contribution in [0.25, 0.3) is 0 Å². The lowest BCUT2D eigenvalue weighted by Crippen LogP contribution is -2.08. The van der Waals surface area contributed by atoms with Crippen LogP contribution < -0.4 is 5.56 Å². The van der Waals surface area contributed by atoms with Crippen LogP contribution in [0.5, 0.6) is 0 Å². The van der Waals surface area contributed by atoms with Gasteiger partial charge >= 0.3 is 5.97 Å². The highest BCUT2D eigenvalue weighted by Gasteiger charge is 2.13. The second-order valence-corrected chi connectivity index (χ2v) is 4.95. The third-order valence-corrected chi connectivity index (χ3v) is 3.23. The normalized spacial score (nSPS) is 10.4. The first-order valence-electron chi connectivity index (χ1n) is 5.41. The van der Waals surface area contributed by atoms with Crippen LogP contribution >= 0.6 is 11.8 Å². The maximum absolute atomic E-state index is 11.3. The van der Waals surface area contributed by atoms with E-state index in [0.29, 0.717) is 21.4 Å². The van der Waals surface area contributed by atoms with Gasteiger partial charge in [0.1, 0.15) is 0 Å². The van der Waals surface area contributed by atoms with E-state index in [4.69, 9.17) is 5.11 Å². The van der Waals surface area contributed by atoms with Gasteiger partial charge in [-0.15, -0.1) is 0 Å². The Kier molecular flexibility index (Phi) is 3.66. The Labute approximate surface area is 112 Å². The van der Waals surface area contributed by atoms with Crippen LogP contribution in [0.3, 0.4) is 0 Å². The maximum atomic E-state index is 11.3. The molecule has 0 atom stereocenters. The predicted molar refractivity (Wildman–Crippen MR) is 69.7 cm³/mol. The van der Waals surface area contributed by atoms with Gasteiger partial charge in [-0.1, -0.05) is 11.8 Å². The Morgan fingerprint density at radius 1 is 1.32 bits per heavy atom. The van der Waals surface area contributed by atoms with E-state index in [-0.39, 0.29) is 11.1 Å². The fraction of sp³-hybridized carbons (Fsp3) is 0.167. The lowest BCUT2D eigenvalue weighted by molar-refractivity contribution is 0.0692. The molecule has 2 heterocycles. The van der Waals surface area contributed by atoms with Gasteiger partial charge in [0.25, 0.3) is 5.56 Å². The smallest absolute Gasteiger partial charge is 0.338 e. The van der Waals surface area contributed by atoms with E-state index in [1.54, 1.807) is 19.9 Å². The van der Waals surface area contributed by atoms with Crippen molar-refractivity contribution in [1.29, 1.82) is 0 Å². The van der Waals surface area contributed by atoms with E-state index in [1.165, 1.54) is 12.3 Å². The lowest BCUT2D eigenvalue weighted by Gasteiger charge is -2.06. The van der Waals surface area contributed by atoms with Gasteiger partial charge in [0.15, 0.2) is 5.16 Å². The number of carboxylic acids is 1. The van der Waals surface area contributed by atoms with Crippen LogP contribution in [0.4, 0.5) is 0 Å². The van der Waals surface area contributed by atoms with Gasteiger partial charge in [-0.3, -0.25) is 9.78 Å². The number of aryl methyl sites for hydroxylation is 2. The molecular weight excluding hydrogens is 266 g/mol. The molecule has 0 aliphatic rings. The standard InChI is InChI=1S/C12H11N3O3S/c1-6-3-9(8(5-13-6)11(17)18)19-12-14-7(2)4-10(16)15-12/h3-5H,1-2H3,(H,17,18)(H,14,15,16). The molecule has 2 rings (SSSR count). The largest absolute Gasteiger partial charge is 0.478 e. The number of aromatic nitrogens is 3. The fourth-order valence-electron chi connectivity index (χ4n) is 1.48. The van der Waals surface area contributed by atoms with E-state index in [9.17, 15) is 9.59 Å². The molecule has 98 valence electrons. The van der Waals surface area contributed by atoms with Crippen LogP contribution in [0.2, 0.25) is 0 Å². The zero-order valence-corrected chi connectivity index (χ0v) is 11.1. The summed E-state index contributed by atoms with van der Waals surface area (Å²) in [6, 6.07) is 3.02. The van der Waals surface area contributed by atoms with Gasteiger partial charge in [0.05, 0.1) is 5.56 Å². The zero-order chi connectivity index (χ0) is 14.0. The Morgan fingerprint density at radius 2 is 2.05 bits per heavy atom. The molecule has 2 N–H and O–H groups in total. The summed E-state index contributed by atoms with van der Waals surface area (Å²) in [5.41, 5.74) is 1.09. The van der Waals surface area contributed by atoms with Gasteiger partial charge < -0.3 is 10.1 Å². The number of H-pyrrole nitrogens is 1. The van der Waals surface area contributed by atoms with Gasteiger partial charge in [-0.25, -0.2) is 9.78 Å². The van der Waals surface area contributed by atoms with Crippen molar-refractivity contribution in [2.24, 2.45) is 0 Å². The number of aromatic amines is 1. The molecule has 0 spiro atoms. The zero-order valence-electron chi connectivity index (χ0n) is 10.3. The molecule has 0 saturated heterocycles. The van der Waals surface area contributed by atoms with E-state index in [2.05, 4.69) is 15.0 Å². The van der Waals surface area contributed by atoms with Crippen molar-refractivity contribution in [3.05, 3.63) is 45.6 Å². The molecule has 19 heavy (non-hydrogen) atoms. The van der Waals surface area contributed by atoms with Crippen molar-refractivity contribution >= 4 is 17.7 Å². The third kappa shape index (κ3) is 3.19. The summed E-state index contributed by atoms with van der Waals surface area (Å²) < 4.78 is 0. The topological polar surface area (TPSA) is 95.9 Å². The lowest BCUT2D eigenvalue weighted by atomic mass is 10.2. The summed E-state index contributed by atoms with van der Waals surface area (Å²) >= 11 is 1.10. The first-order valence-corrected chi connectivity index (χ1v) is 6.23. The number of rotatable bonds is 3. The molecule has 7 heteroatoms. The van der Waals surface area contributed by atoms with Crippen LogP contribution in [-0.2, 0) is 0 Å². The first kappa shape index (κ1) is 13.3. The van der Waals surface area contributed by atoms with Crippen LogP contribution in [0.15, 0.2) is 33.2 Å². The number of carboxylic acid groups (broad SMARTS) is 1. The number of hydrogen-bond acceptors (Lipinski definition) is 5. The Hall–Kier alpha value is -2.15. The number of nitrogens with one attached hydrogen (secondary N) is 1. The molecule has 0 radical (unpaired) electrons. The van der Waals surface area contributed by atoms with Crippen molar-refractivity contribution in [3.63, 3.8) is 0 Å². The van der Waals surface area contributed by atoms with Gasteiger partial charge in [0, 0.05) is 28.5 Å². The number of nitrogens with zero attached hydrogens (tertiary/aromatic N) is 2. The molecule has 2 aromatic heterocycles. The molecule has 0 bridgehead atoms. The Balaban J connectivity index is 2.45. The van der Waals surface area contributed by atoms with Crippen molar-refractivity contribution in [1.82, 2.24) is 15.0 Å². The molecule has 6 nitrogen and oxygen atoms in total. The van der Waals surface area contributed by atoms with Gasteiger partial charge in [0.2, 0.25) is 0 Å². The summed E-state index contributed by atoms with van der Waals surface area (Å²) in [5.74, 6) is -1.06. The minimum absolute atomic E-state index is 0.0831. The van der Waals surface area contributed by atoms with E-state index < -0.39 is 5.97 Å². The molecule has 0 aromatic carbocycles. The second kappa shape index (κ2) is 5.23. The van der Waals surface area contributed by atoms with Gasteiger partial charge in [-0.05, 0) is 19.9 Å². The fourth-order valence-corrected chi connectivity index (χ4v) is 2.51. The molecular formula is C12H11N3O3S. The van der Waals surface area contributed by atoms with Crippen LogP contribution in [0.1, 0.15) is 21.7 Å². The molecule has 0 aliphatic carbocycles. The average Bonchev–Trinajstić information content (AvgIpc) is 2.26. The molecule has 0 aliphatic heterocycles. The van der Waals surface area contributed by atoms with Crippen LogP contribution in [-0.4, -0.2) is 26.0 Å². The van der Waals surface area contributed by atoms with Crippen LogP contribution in [0, 0.1) is 13.8 Å². The molecule has 2 aromatic rings. The Bertz CT molecular complexity index is 697. The second-order valence-electron chi connectivity index (χ2n) is 3.92. The maximum Gasteiger partial charge on any atom is 0.338 e.